The quantitative estimate of drug-likeness (QED) is 0.786. The number of rotatable bonds is 6. The van der Waals surface area contributed by atoms with Crippen LogP contribution in [0.4, 0.5) is 0 Å². The van der Waals surface area contributed by atoms with Gasteiger partial charge in [0.15, 0.2) is 11.5 Å². The Morgan fingerprint density at radius 3 is 2.81 bits per heavy atom. The van der Waals surface area contributed by atoms with Crippen molar-refractivity contribution in [2.45, 2.75) is 12.7 Å². The van der Waals surface area contributed by atoms with E-state index in [1.807, 2.05) is 25.1 Å². The molecule has 0 amide bonds. The van der Waals surface area contributed by atoms with Crippen molar-refractivity contribution in [2.75, 3.05) is 19.9 Å². The Bertz CT molecular complexity index is 944. The molecule has 0 unspecified atom stereocenters. The molecule has 1 heterocycles. The monoisotopic (exact) mass is 373 g/mol. The van der Waals surface area contributed by atoms with E-state index in [1.54, 1.807) is 24.3 Å². The molecular weight excluding hydrogens is 354 g/mol. The number of ether oxygens (including phenoxy) is 3. The van der Waals surface area contributed by atoms with Crippen molar-refractivity contribution in [1.82, 2.24) is 4.72 Å². The molecule has 26 heavy (non-hydrogen) atoms. The number of aryl methyl sites for hydroxylation is 1. The van der Waals surface area contributed by atoms with Gasteiger partial charge in [-0.25, -0.2) is 13.1 Å². The van der Waals surface area contributed by atoms with Gasteiger partial charge in [-0.15, -0.1) is 0 Å². The summed E-state index contributed by atoms with van der Waals surface area (Å²) in [4.78, 5) is 0. The summed E-state index contributed by atoms with van der Waals surface area (Å²) < 4.78 is 42.5. The molecule has 0 saturated heterocycles. The molecule has 136 valence electrons. The summed E-state index contributed by atoms with van der Waals surface area (Å²) in [5, 5.41) is 0. The Kier molecular flexibility index (Phi) is 5.66. The molecule has 2 aromatic rings. The molecule has 0 bridgehead atoms. The number of hydrogen-bond acceptors (Lipinski definition) is 5. The van der Waals surface area contributed by atoms with Crippen molar-refractivity contribution >= 4 is 10.0 Å². The summed E-state index contributed by atoms with van der Waals surface area (Å²) in [5.41, 5.74) is 1.77. The molecule has 1 aliphatic rings. The molecule has 2 aromatic carbocycles. The topological polar surface area (TPSA) is 73.9 Å². The minimum absolute atomic E-state index is 0.0403. The van der Waals surface area contributed by atoms with Crippen molar-refractivity contribution in [2.24, 2.45) is 0 Å². The Hall–Kier alpha value is -2.69. The van der Waals surface area contributed by atoms with Crippen molar-refractivity contribution in [3.05, 3.63) is 53.6 Å². The molecule has 7 heteroatoms. The van der Waals surface area contributed by atoms with Gasteiger partial charge in [-0.3, -0.25) is 0 Å². The zero-order valence-electron chi connectivity index (χ0n) is 14.3. The van der Waals surface area contributed by atoms with E-state index in [0.29, 0.717) is 17.2 Å². The smallest absolute Gasteiger partial charge is 0.231 e. The largest absolute Gasteiger partial charge is 0.481 e. The Morgan fingerprint density at radius 1 is 1.12 bits per heavy atom. The van der Waals surface area contributed by atoms with Gasteiger partial charge in [-0.05, 0) is 24.6 Å². The fraction of sp³-hybridized carbons (Fsp3) is 0.263. The highest BCUT2D eigenvalue weighted by atomic mass is 32.2. The van der Waals surface area contributed by atoms with E-state index in [4.69, 9.17) is 14.2 Å². The molecule has 6 nitrogen and oxygen atoms in total. The maximum atomic E-state index is 12.0. The highest BCUT2D eigenvalue weighted by molar-refractivity contribution is 7.88. The van der Waals surface area contributed by atoms with Gasteiger partial charge in [-0.2, -0.15) is 0 Å². The number of sulfonamides is 1. The maximum absolute atomic E-state index is 12.0. The van der Waals surface area contributed by atoms with E-state index in [2.05, 4.69) is 16.6 Å². The molecule has 1 aliphatic heterocycles. The van der Waals surface area contributed by atoms with Crippen LogP contribution < -0.4 is 18.9 Å². The molecule has 0 saturated carbocycles. The first-order valence-corrected chi connectivity index (χ1v) is 9.68. The van der Waals surface area contributed by atoms with Crippen LogP contribution in [0.15, 0.2) is 42.5 Å². The highest BCUT2D eigenvalue weighted by Crippen LogP contribution is 2.34. The van der Waals surface area contributed by atoms with Gasteiger partial charge in [0.25, 0.3) is 0 Å². The van der Waals surface area contributed by atoms with Crippen molar-refractivity contribution < 1.29 is 22.6 Å². The van der Waals surface area contributed by atoms with E-state index in [9.17, 15) is 8.42 Å². The summed E-state index contributed by atoms with van der Waals surface area (Å²) in [6.45, 7) is 2.33. The minimum atomic E-state index is -3.42. The van der Waals surface area contributed by atoms with Crippen LogP contribution in [0.25, 0.3) is 0 Å². The van der Waals surface area contributed by atoms with Crippen LogP contribution in [0.5, 0.6) is 17.2 Å². The second-order valence-corrected chi connectivity index (χ2v) is 7.53. The second kappa shape index (κ2) is 8.13. The standard InChI is InChI=1S/C19H19NO5S/c1-15-5-4-6-16(11-15)13-26(21,22)20-9-2-3-10-23-17-7-8-18-19(12-17)25-14-24-18/h4-8,11-12,20H,9-10,13-14H2,1H3. The zero-order chi connectivity index (χ0) is 18.4. The van der Waals surface area contributed by atoms with Gasteiger partial charge in [0.1, 0.15) is 12.4 Å². The fourth-order valence-electron chi connectivity index (χ4n) is 2.42. The first-order valence-electron chi connectivity index (χ1n) is 8.03. The van der Waals surface area contributed by atoms with Gasteiger partial charge in [-0.1, -0.05) is 41.7 Å². The maximum Gasteiger partial charge on any atom is 0.231 e. The first kappa shape index (κ1) is 18.1. The third-order valence-electron chi connectivity index (χ3n) is 3.60. The molecule has 0 aromatic heterocycles. The first-order chi connectivity index (χ1) is 12.5. The molecule has 0 aliphatic carbocycles. The van der Waals surface area contributed by atoms with Gasteiger partial charge in [0, 0.05) is 6.07 Å². The average molecular weight is 373 g/mol. The van der Waals surface area contributed by atoms with Gasteiger partial charge >= 0.3 is 0 Å². The molecule has 0 radical (unpaired) electrons. The molecule has 1 N–H and O–H groups in total. The lowest BCUT2D eigenvalue weighted by Crippen LogP contribution is -2.25. The number of benzene rings is 2. The second-order valence-electron chi connectivity index (χ2n) is 5.73. The van der Waals surface area contributed by atoms with E-state index in [-0.39, 0.29) is 25.7 Å². The van der Waals surface area contributed by atoms with Crippen LogP contribution in [-0.2, 0) is 15.8 Å². The summed E-state index contributed by atoms with van der Waals surface area (Å²) in [6.07, 6.45) is 0. The van der Waals surface area contributed by atoms with Gasteiger partial charge in [0.05, 0.1) is 12.3 Å². The normalized spacial score (nSPS) is 12.3. The van der Waals surface area contributed by atoms with Crippen LogP contribution in [0.2, 0.25) is 0 Å². The Morgan fingerprint density at radius 2 is 1.96 bits per heavy atom. The number of nitrogens with one attached hydrogen (secondary N) is 1. The van der Waals surface area contributed by atoms with Crippen molar-refractivity contribution in [1.29, 1.82) is 0 Å². The molecule has 0 atom stereocenters. The lowest BCUT2D eigenvalue weighted by molar-refractivity contribution is 0.174. The lowest BCUT2D eigenvalue weighted by Gasteiger charge is -2.05. The van der Waals surface area contributed by atoms with E-state index in [1.165, 1.54) is 0 Å². The predicted molar refractivity (Wildman–Crippen MR) is 97.6 cm³/mol. The summed E-state index contributed by atoms with van der Waals surface area (Å²) in [5.74, 6) is 7.39. The molecule has 3 rings (SSSR count). The SMILES string of the molecule is Cc1cccc(CS(=O)(=O)NCC#CCOc2ccc3c(c2)OCO3)c1. The van der Waals surface area contributed by atoms with Gasteiger partial charge < -0.3 is 14.2 Å². The molecule has 0 spiro atoms. The van der Waals surface area contributed by atoms with Crippen LogP contribution >= 0.6 is 0 Å². The number of hydrogen-bond donors (Lipinski definition) is 1. The van der Waals surface area contributed by atoms with E-state index in [0.717, 1.165) is 11.1 Å². The van der Waals surface area contributed by atoms with Crippen LogP contribution in [0.3, 0.4) is 0 Å². The van der Waals surface area contributed by atoms with E-state index < -0.39 is 10.0 Å². The molecular formula is C19H19NO5S. The fourth-order valence-corrected chi connectivity index (χ4v) is 3.43. The average Bonchev–Trinajstić information content (AvgIpc) is 3.05. The van der Waals surface area contributed by atoms with Crippen molar-refractivity contribution in [3.63, 3.8) is 0 Å². The van der Waals surface area contributed by atoms with Crippen LogP contribution in [-0.4, -0.2) is 28.4 Å². The van der Waals surface area contributed by atoms with Crippen LogP contribution in [0, 0.1) is 18.8 Å². The third-order valence-corrected chi connectivity index (χ3v) is 4.90. The lowest BCUT2D eigenvalue weighted by atomic mass is 10.2. The van der Waals surface area contributed by atoms with E-state index >= 15 is 0 Å². The minimum Gasteiger partial charge on any atom is -0.481 e. The molecule has 0 fully saturated rings. The summed E-state index contributed by atoms with van der Waals surface area (Å²) in [7, 11) is -3.42. The highest BCUT2D eigenvalue weighted by Gasteiger charge is 2.13. The Labute approximate surface area is 153 Å². The van der Waals surface area contributed by atoms with Crippen molar-refractivity contribution in [3.8, 4) is 29.1 Å². The van der Waals surface area contributed by atoms with Crippen LogP contribution in [0.1, 0.15) is 11.1 Å². The third kappa shape index (κ3) is 5.15. The predicted octanol–water partition coefficient (Wildman–Crippen LogP) is 2.23. The van der Waals surface area contributed by atoms with Gasteiger partial charge in [0.2, 0.25) is 16.8 Å². The summed E-state index contributed by atoms with van der Waals surface area (Å²) >= 11 is 0. The summed E-state index contributed by atoms with van der Waals surface area (Å²) in [6, 6.07) is 12.7. The Balaban J connectivity index is 1.43. The zero-order valence-corrected chi connectivity index (χ0v) is 15.1. The number of fused-ring (bicyclic) bond motifs is 1.